The molecule has 3 heterocycles. The first-order chi connectivity index (χ1) is 23.1. The van der Waals surface area contributed by atoms with Gasteiger partial charge in [-0.25, -0.2) is 0 Å². The van der Waals surface area contributed by atoms with E-state index in [0.29, 0.717) is 0 Å². The monoisotopic (exact) mass is 637 g/mol. The molecule has 3 aliphatic rings. The minimum Gasteiger partial charge on any atom is -0.458 e. The fourth-order valence-electron chi connectivity index (χ4n) is 8.54. The van der Waals surface area contributed by atoms with E-state index in [-0.39, 0.29) is 17.5 Å². The smallest absolute Gasteiger partial charge is 0.256 e. The Morgan fingerprint density at radius 1 is 0.521 bits per heavy atom. The van der Waals surface area contributed by atoms with E-state index in [0.717, 1.165) is 11.5 Å². The molecule has 3 aliphatic heterocycles. The summed E-state index contributed by atoms with van der Waals surface area (Å²) >= 11 is 0. The molecule has 0 unspecified atom stereocenters. The molecule has 2 nitrogen and oxygen atoms in total. The minimum atomic E-state index is -2.74. The fourth-order valence-corrected chi connectivity index (χ4v) is 13.7. The molecule has 0 N–H and O–H groups in total. The SMILES string of the molecule is CC(C)(C)c1ccc2c(c1)Oc1cc(C(C)(C)C)cc3c1B2c1cccc2c1N3c1ccccc1[Si]2(c1ccccc1)c1ccccc1. The van der Waals surface area contributed by atoms with Crippen molar-refractivity contribution in [2.45, 2.75) is 52.4 Å². The number of benzene rings is 6. The summed E-state index contributed by atoms with van der Waals surface area (Å²) in [6.45, 7) is 13.8. The first-order valence-corrected chi connectivity index (χ1v) is 19.2. The Hall–Kier alpha value is -4.80. The fraction of sp³-hybridized carbons (Fsp3) is 0.182. The zero-order chi connectivity index (χ0) is 33.0. The average molecular weight is 638 g/mol. The van der Waals surface area contributed by atoms with Crippen LogP contribution >= 0.6 is 0 Å². The van der Waals surface area contributed by atoms with E-state index in [2.05, 4.69) is 180 Å². The summed E-state index contributed by atoms with van der Waals surface area (Å²) in [4.78, 5) is 2.60. The van der Waals surface area contributed by atoms with Gasteiger partial charge in [-0.3, -0.25) is 0 Å². The number of ether oxygens (including phenoxy) is 1. The lowest BCUT2D eigenvalue weighted by molar-refractivity contribution is 0.479. The summed E-state index contributed by atoms with van der Waals surface area (Å²) in [5.41, 5.74) is 10.3. The number of hydrogen-bond acceptors (Lipinski definition) is 2. The molecule has 0 saturated carbocycles. The molecular formula is C44H40BNOSi. The summed E-state index contributed by atoms with van der Waals surface area (Å²) < 4.78 is 7.00. The van der Waals surface area contributed by atoms with Crippen LogP contribution < -0.4 is 46.8 Å². The highest BCUT2D eigenvalue weighted by Gasteiger charge is 2.53. The van der Waals surface area contributed by atoms with Crippen LogP contribution in [0.25, 0.3) is 0 Å². The first-order valence-electron chi connectivity index (χ1n) is 17.2. The second kappa shape index (κ2) is 10.1. The summed E-state index contributed by atoms with van der Waals surface area (Å²) in [5, 5.41) is 5.69. The summed E-state index contributed by atoms with van der Waals surface area (Å²) in [6.07, 6.45) is 0. The van der Waals surface area contributed by atoms with Crippen molar-refractivity contribution in [2.24, 2.45) is 0 Å². The quantitative estimate of drug-likeness (QED) is 0.204. The van der Waals surface area contributed by atoms with Crippen molar-refractivity contribution in [1.29, 1.82) is 0 Å². The minimum absolute atomic E-state index is 0.0205. The standard InChI is InChI=1S/C44H40BNOSi/c1-43(2,3)29-24-25-33-37(27-29)47-38-28-30(44(4,5)6)26-36-41(38)45(33)34-20-15-23-40-42(34)46(36)35-21-13-14-22-39(35)48(40,31-16-9-7-10-17-31)32-18-11-8-12-19-32/h7-28H,1-6H3. The van der Waals surface area contributed by atoms with Crippen LogP contribution in [-0.2, 0) is 10.8 Å². The molecule has 6 aromatic carbocycles. The van der Waals surface area contributed by atoms with Crippen LogP contribution in [0.15, 0.2) is 133 Å². The van der Waals surface area contributed by atoms with Crippen molar-refractivity contribution in [3.05, 3.63) is 145 Å². The van der Waals surface area contributed by atoms with Gasteiger partial charge in [-0.05, 0) is 83.4 Å². The van der Waals surface area contributed by atoms with Crippen molar-refractivity contribution in [1.82, 2.24) is 0 Å². The van der Waals surface area contributed by atoms with Crippen molar-refractivity contribution < 1.29 is 4.74 Å². The second-order valence-electron chi connectivity index (χ2n) is 15.8. The van der Waals surface area contributed by atoms with Crippen LogP contribution in [0.5, 0.6) is 11.5 Å². The van der Waals surface area contributed by atoms with E-state index in [9.17, 15) is 0 Å². The topological polar surface area (TPSA) is 12.5 Å². The number of anilines is 3. The molecule has 9 rings (SSSR count). The van der Waals surface area contributed by atoms with Crippen LogP contribution in [0.1, 0.15) is 52.7 Å². The highest BCUT2D eigenvalue weighted by Crippen LogP contribution is 2.45. The maximum Gasteiger partial charge on any atom is 0.256 e. The van der Waals surface area contributed by atoms with Crippen LogP contribution in [0.4, 0.5) is 17.1 Å². The van der Waals surface area contributed by atoms with Gasteiger partial charge in [0.05, 0.1) is 0 Å². The largest absolute Gasteiger partial charge is 0.458 e. The van der Waals surface area contributed by atoms with E-state index < -0.39 is 8.07 Å². The van der Waals surface area contributed by atoms with Gasteiger partial charge in [-0.2, -0.15) is 0 Å². The lowest BCUT2D eigenvalue weighted by Gasteiger charge is -2.49. The van der Waals surface area contributed by atoms with E-state index in [1.807, 2.05) is 0 Å². The number of nitrogens with zero attached hydrogens (tertiary/aromatic N) is 1. The third-order valence-electron chi connectivity index (χ3n) is 10.9. The third-order valence-corrected chi connectivity index (χ3v) is 15.7. The molecule has 0 fully saturated rings. The van der Waals surface area contributed by atoms with E-state index >= 15 is 0 Å². The Morgan fingerprint density at radius 3 is 1.79 bits per heavy atom. The van der Waals surface area contributed by atoms with Crippen LogP contribution in [-0.4, -0.2) is 14.8 Å². The maximum atomic E-state index is 7.00. The number of para-hydroxylation sites is 2. The van der Waals surface area contributed by atoms with Gasteiger partial charge in [0, 0.05) is 17.1 Å². The summed E-state index contributed by atoms with van der Waals surface area (Å²) in [5.74, 6) is 1.96. The van der Waals surface area contributed by atoms with Gasteiger partial charge in [0.25, 0.3) is 6.71 Å². The zero-order valence-electron chi connectivity index (χ0n) is 28.6. The molecule has 234 valence electrons. The van der Waals surface area contributed by atoms with Crippen LogP contribution in [0.3, 0.4) is 0 Å². The molecule has 0 aliphatic carbocycles. The van der Waals surface area contributed by atoms with Gasteiger partial charge in [-0.15, -0.1) is 0 Å². The van der Waals surface area contributed by atoms with E-state index in [1.165, 1.54) is 65.3 Å². The highest BCUT2D eigenvalue weighted by molar-refractivity contribution is 7.22. The summed E-state index contributed by atoms with van der Waals surface area (Å²) in [6, 6.07) is 50.7. The molecule has 0 spiro atoms. The number of rotatable bonds is 2. The van der Waals surface area contributed by atoms with Crippen molar-refractivity contribution in [3.8, 4) is 11.5 Å². The van der Waals surface area contributed by atoms with Gasteiger partial charge >= 0.3 is 0 Å². The Balaban J connectivity index is 1.44. The molecule has 0 radical (unpaired) electrons. The molecular weight excluding hydrogens is 597 g/mol. The van der Waals surface area contributed by atoms with E-state index in [1.54, 1.807) is 0 Å². The van der Waals surface area contributed by atoms with E-state index in [4.69, 9.17) is 4.74 Å². The highest BCUT2D eigenvalue weighted by atomic mass is 28.3. The Bertz CT molecular complexity index is 2210. The Labute approximate surface area is 286 Å². The lowest BCUT2D eigenvalue weighted by atomic mass is 9.34. The molecule has 4 heteroatoms. The third kappa shape index (κ3) is 3.99. The van der Waals surface area contributed by atoms with Gasteiger partial charge in [-0.1, -0.05) is 151 Å². The summed E-state index contributed by atoms with van der Waals surface area (Å²) in [7, 11) is -2.74. The Kier molecular flexibility index (Phi) is 6.18. The van der Waals surface area contributed by atoms with Crippen LogP contribution in [0.2, 0.25) is 0 Å². The molecule has 0 bridgehead atoms. The van der Waals surface area contributed by atoms with Gasteiger partial charge < -0.3 is 9.64 Å². The second-order valence-corrected chi connectivity index (χ2v) is 19.5. The van der Waals surface area contributed by atoms with Crippen molar-refractivity contribution >= 4 is 69.0 Å². The molecule has 0 atom stereocenters. The number of hydrogen-bond donors (Lipinski definition) is 0. The predicted octanol–water partition coefficient (Wildman–Crippen LogP) is 6.38. The van der Waals surface area contributed by atoms with Crippen LogP contribution in [0, 0.1) is 0 Å². The molecule has 6 aromatic rings. The lowest BCUT2D eigenvalue weighted by Crippen LogP contribution is -2.78. The van der Waals surface area contributed by atoms with Crippen molar-refractivity contribution in [2.75, 3.05) is 4.90 Å². The zero-order valence-corrected chi connectivity index (χ0v) is 29.6. The molecule has 48 heavy (non-hydrogen) atoms. The molecule has 0 aromatic heterocycles. The molecule has 0 saturated heterocycles. The first kappa shape index (κ1) is 29.3. The Morgan fingerprint density at radius 2 is 1.12 bits per heavy atom. The predicted molar refractivity (Wildman–Crippen MR) is 207 cm³/mol. The average Bonchev–Trinajstić information content (AvgIpc) is 3.09. The number of fused-ring (bicyclic) bond motifs is 6. The maximum absolute atomic E-state index is 7.00. The molecule has 0 amide bonds. The van der Waals surface area contributed by atoms with Gasteiger partial charge in [0.1, 0.15) is 11.5 Å². The van der Waals surface area contributed by atoms with Gasteiger partial charge in [0.15, 0.2) is 8.07 Å². The van der Waals surface area contributed by atoms with Gasteiger partial charge in [0.2, 0.25) is 0 Å². The van der Waals surface area contributed by atoms with Crippen molar-refractivity contribution in [3.63, 3.8) is 0 Å². The normalized spacial score (nSPS) is 15.1.